The minimum Gasteiger partial charge on any atom is -0.380 e. The van der Waals surface area contributed by atoms with Crippen molar-refractivity contribution < 1.29 is 4.74 Å². The van der Waals surface area contributed by atoms with Crippen LogP contribution in [0.1, 0.15) is 26.7 Å². The Morgan fingerprint density at radius 2 is 2.14 bits per heavy atom. The monoisotopic (exact) mass is 200 g/mol. The van der Waals surface area contributed by atoms with Gasteiger partial charge in [0.15, 0.2) is 0 Å². The minimum absolute atomic E-state index is 0.617. The molecule has 1 atom stereocenters. The van der Waals surface area contributed by atoms with Crippen molar-refractivity contribution in [2.24, 2.45) is 0 Å². The van der Waals surface area contributed by atoms with Gasteiger partial charge in [-0.25, -0.2) is 0 Å². The molecule has 84 valence electrons. The number of rotatable bonds is 7. The third-order valence-electron chi connectivity index (χ3n) is 2.91. The van der Waals surface area contributed by atoms with Gasteiger partial charge in [0.05, 0.1) is 6.61 Å². The highest BCUT2D eigenvalue weighted by Gasteiger charge is 2.13. The average molecular weight is 200 g/mol. The third-order valence-corrected chi connectivity index (χ3v) is 2.91. The van der Waals surface area contributed by atoms with Gasteiger partial charge in [0, 0.05) is 12.6 Å². The molecule has 0 radical (unpaired) electrons. The maximum atomic E-state index is 5.30. The predicted octanol–water partition coefficient (Wildman–Crippen LogP) is 1.10. The molecule has 1 aliphatic heterocycles. The van der Waals surface area contributed by atoms with E-state index in [0.29, 0.717) is 6.04 Å². The molecule has 1 fully saturated rings. The number of nitrogens with zero attached hydrogens (tertiary/aromatic N) is 1. The van der Waals surface area contributed by atoms with Crippen LogP contribution < -0.4 is 5.32 Å². The first-order valence-corrected chi connectivity index (χ1v) is 5.90. The van der Waals surface area contributed by atoms with Gasteiger partial charge < -0.3 is 15.0 Å². The lowest BCUT2D eigenvalue weighted by Gasteiger charge is -2.18. The molecule has 0 aromatic carbocycles. The molecule has 0 aromatic rings. The zero-order valence-corrected chi connectivity index (χ0v) is 9.59. The normalized spacial score (nSPS) is 22.1. The average Bonchev–Trinajstić information content (AvgIpc) is 2.71. The Hall–Kier alpha value is -0.120. The lowest BCUT2D eigenvalue weighted by Crippen LogP contribution is -2.32. The van der Waals surface area contributed by atoms with Crippen molar-refractivity contribution in [1.29, 1.82) is 0 Å². The minimum atomic E-state index is 0.617. The number of hydrogen-bond donors (Lipinski definition) is 1. The fourth-order valence-electron chi connectivity index (χ4n) is 1.84. The number of nitrogens with one attached hydrogen (secondary N) is 1. The Kier molecular flexibility index (Phi) is 6.15. The van der Waals surface area contributed by atoms with Crippen molar-refractivity contribution in [2.45, 2.75) is 32.7 Å². The first-order valence-electron chi connectivity index (χ1n) is 5.90. The number of hydrogen-bond acceptors (Lipinski definition) is 3. The van der Waals surface area contributed by atoms with Crippen molar-refractivity contribution in [3.05, 3.63) is 0 Å². The number of ether oxygens (including phenoxy) is 1. The van der Waals surface area contributed by atoms with E-state index in [2.05, 4.69) is 24.1 Å². The standard InChI is InChI=1S/C11H24N2O/c1-3-13(4-2)8-5-7-12-11-6-9-14-10-11/h11-12H,3-10H2,1-2H3. The molecule has 1 heterocycles. The van der Waals surface area contributed by atoms with Crippen molar-refractivity contribution in [2.75, 3.05) is 39.4 Å². The Morgan fingerprint density at radius 1 is 1.36 bits per heavy atom. The fourth-order valence-corrected chi connectivity index (χ4v) is 1.84. The van der Waals surface area contributed by atoms with Crippen LogP contribution in [0.4, 0.5) is 0 Å². The molecule has 3 heteroatoms. The van der Waals surface area contributed by atoms with Gasteiger partial charge in [-0.15, -0.1) is 0 Å². The molecule has 1 N–H and O–H groups in total. The summed E-state index contributed by atoms with van der Waals surface area (Å²) in [6.07, 6.45) is 2.43. The van der Waals surface area contributed by atoms with E-state index in [1.165, 1.54) is 32.5 Å². The van der Waals surface area contributed by atoms with E-state index in [-0.39, 0.29) is 0 Å². The van der Waals surface area contributed by atoms with Crippen LogP contribution in [-0.4, -0.2) is 50.3 Å². The Bertz CT molecular complexity index is 127. The summed E-state index contributed by atoms with van der Waals surface area (Å²) in [7, 11) is 0. The van der Waals surface area contributed by atoms with Gasteiger partial charge in [-0.3, -0.25) is 0 Å². The molecule has 0 amide bonds. The van der Waals surface area contributed by atoms with Crippen LogP contribution in [0.15, 0.2) is 0 Å². The molecule has 0 aromatic heterocycles. The van der Waals surface area contributed by atoms with E-state index >= 15 is 0 Å². The quantitative estimate of drug-likeness (QED) is 0.623. The first-order chi connectivity index (χ1) is 6.86. The smallest absolute Gasteiger partial charge is 0.0620 e. The molecule has 1 unspecified atom stereocenters. The van der Waals surface area contributed by atoms with Crippen LogP contribution in [0, 0.1) is 0 Å². The van der Waals surface area contributed by atoms with E-state index in [1.807, 2.05) is 0 Å². The van der Waals surface area contributed by atoms with Crippen LogP contribution in [-0.2, 0) is 4.74 Å². The van der Waals surface area contributed by atoms with Crippen LogP contribution in [0.3, 0.4) is 0 Å². The third kappa shape index (κ3) is 4.40. The summed E-state index contributed by atoms with van der Waals surface area (Å²) in [6, 6.07) is 0.617. The molecule has 0 saturated carbocycles. The molecular formula is C11H24N2O. The molecule has 1 aliphatic rings. The summed E-state index contributed by atoms with van der Waals surface area (Å²) >= 11 is 0. The molecule has 0 bridgehead atoms. The highest BCUT2D eigenvalue weighted by molar-refractivity contribution is 4.70. The molecular weight excluding hydrogens is 176 g/mol. The van der Waals surface area contributed by atoms with E-state index in [9.17, 15) is 0 Å². The summed E-state index contributed by atoms with van der Waals surface area (Å²) in [6.45, 7) is 11.0. The molecule has 3 nitrogen and oxygen atoms in total. The Labute approximate surface area is 87.8 Å². The first kappa shape index (κ1) is 12.0. The highest BCUT2D eigenvalue weighted by atomic mass is 16.5. The van der Waals surface area contributed by atoms with Crippen molar-refractivity contribution in [3.63, 3.8) is 0 Å². The molecule has 1 saturated heterocycles. The zero-order valence-electron chi connectivity index (χ0n) is 9.59. The van der Waals surface area contributed by atoms with Gasteiger partial charge in [0.2, 0.25) is 0 Å². The second kappa shape index (κ2) is 7.21. The summed E-state index contributed by atoms with van der Waals surface area (Å²) in [5, 5.41) is 3.53. The van der Waals surface area contributed by atoms with E-state index in [1.54, 1.807) is 0 Å². The SMILES string of the molecule is CCN(CC)CCCNC1CCOC1. The topological polar surface area (TPSA) is 24.5 Å². The van der Waals surface area contributed by atoms with Gasteiger partial charge in [0.25, 0.3) is 0 Å². The summed E-state index contributed by atoms with van der Waals surface area (Å²) in [5.74, 6) is 0. The van der Waals surface area contributed by atoms with Crippen molar-refractivity contribution in [3.8, 4) is 0 Å². The summed E-state index contributed by atoms with van der Waals surface area (Å²) in [4.78, 5) is 2.47. The molecule has 14 heavy (non-hydrogen) atoms. The van der Waals surface area contributed by atoms with Gasteiger partial charge in [-0.2, -0.15) is 0 Å². The summed E-state index contributed by atoms with van der Waals surface area (Å²) < 4.78 is 5.30. The lowest BCUT2D eigenvalue weighted by molar-refractivity contribution is 0.189. The van der Waals surface area contributed by atoms with Crippen molar-refractivity contribution in [1.82, 2.24) is 10.2 Å². The maximum Gasteiger partial charge on any atom is 0.0620 e. The van der Waals surface area contributed by atoms with Crippen LogP contribution >= 0.6 is 0 Å². The van der Waals surface area contributed by atoms with Crippen molar-refractivity contribution >= 4 is 0 Å². The van der Waals surface area contributed by atoms with Gasteiger partial charge in [-0.1, -0.05) is 13.8 Å². The van der Waals surface area contributed by atoms with Gasteiger partial charge in [0.1, 0.15) is 0 Å². The van der Waals surface area contributed by atoms with Crippen LogP contribution in [0.25, 0.3) is 0 Å². The highest BCUT2D eigenvalue weighted by Crippen LogP contribution is 2.02. The molecule has 1 rings (SSSR count). The van der Waals surface area contributed by atoms with Crippen LogP contribution in [0.5, 0.6) is 0 Å². The lowest BCUT2D eigenvalue weighted by atomic mass is 10.2. The van der Waals surface area contributed by atoms with Gasteiger partial charge >= 0.3 is 0 Å². The van der Waals surface area contributed by atoms with Gasteiger partial charge in [-0.05, 0) is 39.0 Å². The molecule has 0 aliphatic carbocycles. The van der Waals surface area contributed by atoms with E-state index < -0.39 is 0 Å². The Balaban J connectivity index is 1.92. The molecule has 0 spiro atoms. The Morgan fingerprint density at radius 3 is 2.71 bits per heavy atom. The second-order valence-corrected chi connectivity index (χ2v) is 3.90. The second-order valence-electron chi connectivity index (χ2n) is 3.90. The zero-order chi connectivity index (χ0) is 10.2. The maximum absolute atomic E-state index is 5.30. The van der Waals surface area contributed by atoms with Crippen LogP contribution in [0.2, 0.25) is 0 Å². The largest absolute Gasteiger partial charge is 0.380 e. The van der Waals surface area contributed by atoms with E-state index in [0.717, 1.165) is 19.8 Å². The predicted molar refractivity (Wildman–Crippen MR) is 59.6 cm³/mol. The fraction of sp³-hybridized carbons (Fsp3) is 1.00. The van der Waals surface area contributed by atoms with E-state index in [4.69, 9.17) is 4.74 Å². The summed E-state index contributed by atoms with van der Waals surface area (Å²) in [5.41, 5.74) is 0.